The van der Waals surface area contributed by atoms with E-state index in [0.717, 1.165) is 25.8 Å². The van der Waals surface area contributed by atoms with Crippen LogP contribution in [0.2, 0.25) is 0 Å². The number of amides is 1. The molecule has 1 unspecified atom stereocenters. The van der Waals surface area contributed by atoms with Crippen LogP contribution in [0.4, 0.5) is 0 Å². The van der Waals surface area contributed by atoms with E-state index in [4.69, 9.17) is 0 Å². The van der Waals surface area contributed by atoms with E-state index in [1.165, 1.54) is 5.56 Å². The van der Waals surface area contributed by atoms with Crippen LogP contribution >= 0.6 is 0 Å². The summed E-state index contributed by atoms with van der Waals surface area (Å²) < 4.78 is 1.78. The number of benzene rings is 1. The second-order valence-electron chi connectivity index (χ2n) is 6.76. The van der Waals surface area contributed by atoms with E-state index < -0.39 is 0 Å². The molecule has 0 radical (unpaired) electrons. The van der Waals surface area contributed by atoms with Gasteiger partial charge in [-0.1, -0.05) is 30.3 Å². The van der Waals surface area contributed by atoms with Crippen molar-refractivity contribution in [3.05, 3.63) is 54.4 Å². The van der Waals surface area contributed by atoms with Crippen LogP contribution in [0.3, 0.4) is 0 Å². The normalized spacial score (nSPS) is 21.0. The zero-order valence-corrected chi connectivity index (χ0v) is 14.0. The number of likely N-dealkylation sites (tertiary alicyclic amines) is 1. The van der Waals surface area contributed by atoms with Crippen LogP contribution in [0.5, 0.6) is 0 Å². The summed E-state index contributed by atoms with van der Waals surface area (Å²) in [5, 5.41) is 14.2. The standard InChI is InChI=1S/C19H25N3O2/c23-16-19(14-17-6-2-1-3-7-17)9-4-11-21(15-19)18(24)8-13-22-12-5-10-20-22/h1-3,5-7,10,12,23H,4,8-9,11,13-16H2. The summed E-state index contributed by atoms with van der Waals surface area (Å²) >= 11 is 0. The van der Waals surface area contributed by atoms with Crippen LogP contribution in [0.15, 0.2) is 48.8 Å². The minimum atomic E-state index is -0.221. The Morgan fingerprint density at radius 1 is 1.25 bits per heavy atom. The lowest BCUT2D eigenvalue weighted by Crippen LogP contribution is -2.49. The number of aromatic nitrogens is 2. The van der Waals surface area contributed by atoms with Gasteiger partial charge in [0.25, 0.3) is 0 Å². The fraction of sp³-hybridized carbons (Fsp3) is 0.474. The number of hydrogen-bond donors (Lipinski definition) is 1. The molecule has 5 heteroatoms. The van der Waals surface area contributed by atoms with Crippen LogP contribution in [-0.2, 0) is 17.8 Å². The highest BCUT2D eigenvalue weighted by molar-refractivity contribution is 5.76. The number of aryl methyl sites for hydroxylation is 1. The number of aliphatic hydroxyl groups is 1. The van der Waals surface area contributed by atoms with E-state index in [2.05, 4.69) is 17.2 Å². The Kier molecular flexibility index (Phi) is 5.30. The molecule has 0 bridgehead atoms. The highest BCUT2D eigenvalue weighted by atomic mass is 16.3. The van der Waals surface area contributed by atoms with Gasteiger partial charge in [-0.05, 0) is 30.9 Å². The Labute approximate surface area is 142 Å². The molecule has 1 aliphatic rings. The number of carbonyl (C=O) groups excluding carboxylic acids is 1. The smallest absolute Gasteiger partial charge is 0.224 e. The summed E-state index contributed by atoms with van der Waals surface area (Å²) in [4.78, 5) is 14.5. The molecule has 1 aromatic heterocycles. The van der Waals surface area contributed by atoms with Gasteiger partial charge in [0.05, 0.1) is 6.61 Å². The highest BCUT2D eigenvalue weighted by Crippen LogP contribution is 2.33. The Morgan fingerprint density at radius 3 is 2.79 bits per heavy atom. The first kappa shape index (κ1) is 16.7. The Hall–Kier alpha value is -2.14. The van der Waals surface area contributed by atoms with Crippen molar-refractivity contribution in [2.75, 3.05) is 19.7 Å². The first-order valence-corrected chi connectivity index (χ1v) is 8.61. The molecule has 1 aromatic carbocycles. The number of nitrogens with zero attached hydrogens (tertiary/aromatic N) is 3. The summed E-state index contributed by atoms with van der Waals surface area (Å²) in [6.45, 7) is 2.14. The van der Waals surface area contributed by atoms with Crippen molar-refractivity contribution < 1.29 is 9.90 Å². The summed E-state index contributed by atoms with van der Waals surface area (Å²) in [6, 6.07) is 12.1. The second kappa shape index (κ2) is 7.62. The molecular formula is C19H25N3O2. The predicted molar refractivity (Wildman–Crippen MR) is 92.3 cm³/mol. The number of aliphatic hydroxyl groups excluding tert-OH is 1. The van der Waals surface area contributed by atoms with Gasteiger partial charge in [0.2, 0.25) is 5.91 Å². The van der Waals surface area contributed by atoms with Gasteiger partial charge in [0.15, 0.2) is 0 Å². The third-order valence-electron chi connectivity index (χ3n) is 4.89. The Morgan fingerprint density at radius 2 is 2.08 bits per heavy atom. The molecule has 128 valence electrons. The molecule has 24 heavy (non-hydrogen) atoms. The van der Waals surface area contributed by atoms with Crippen molar-refractivity contribution in [1.29, 1.82) is 0 Å². The van der Waals surface area contributed by atoms with Crippen LogP contribution < -0.4 is 0 Å². The molecule has 5 nitrogen and oxygen atoms in total. The van der Waals surface area contributed by atoms with E-state index in [1.807, 2.05) is 35.4 Å². The quantitative estimate of drug-likeness (QED) is 0.884. The molecule has 1 amide bonds. The van der Waals surface area contributed by atoms with Gasteiger partial charge in [-0.3, -0.25) is 9.48 Å². The molecule has 2 aromatic rings. The molecule has 1 aliphatic heterocycles. The summed E-state index contributed by atoms with van der Waals surface area (Å²) in [5.74, 6) is 0.149. The largest absolute Gasteiger partial charge is 0.396 e. The van der Waals surface area contributed by atoms with Crippen LogP contribution in [0.1, 0.15) is 24.8 Å². The van der Waals surface area contributed by atoms with Crippen molar-refractivity contribution in [2.24, 2.45) is 5.41 Å². The van der Waals surface area contributed by atoms with Gasteiger partial charge in [-0.2, -0.15) is 5.10 Å². The first-order valence-electron chi connectivity index (χ1n) is 8.61. The minimum absolute atomic E-state index is 0.116. The SMILES string of the molecule is O=C(CCn1cccn1)N1CCCC(CO)(Cc2ccccc2)C1. The van der Waals surface area contributed by atoms with Gasteiger partial charge in [0, 0.05) is 43.9 Å². The molecule has 0 spiro atoms. The Bertz CT molecular complexity index is 642. The van der Waals surface area contributed by atoms with Crippen molar-refractivity contribution in [3.8, 4) is 0 Å². The van der Waals surface area contributed by atoms with Crippen molar-refractivity contribution >= 4 is 5.91 Å². The molecule has 1 fully saturated rings. The number of hydrogen-bond acceptors (Lipinski definition) is 3. The lowest BCUT2D eigenvalue weighted by atomic mass is 9.75. The molecule has 3 rings (SSSR count). The van der Waals surface area contributed by atoms with E-state index in [1.54, 1.807) is 10.9 Å². The fourth-order valence-corrected chi connectivity index (χ4v) is 3.58. The maximum atomic E-state index is 12.6. The van der Waals surface area contributed by atoms with Crippen molar-refractivity contribution in [2.45, 2.75) is 32.2 Å². The van der Waals surface area contributed by atoms with Gasteiger partial charge < -0.3 is 10.0 Å². The molecule has 1 atom stereocenters. The molecular weight excluding hydrogens is 302 g/mol. The number of rotatable bonds is 6. The first-order chi connectivity index (χ1) is 11.7. The lowest BCUT2D eigenvalue weighted by molar-refractivity contribution is -0.135. The van der Waals surface area contributed by atoms with Crippen LogP contribution in [0, 0.1) is 5.41 Å². The van der Waals surface area contributed by atoms with Crippen molar-refractivity contribution in [1.82, 2.24) is 14.7 Å². The lowest BCUT2D eigenvalue weighted by Gasteiger charge is -2.42. The second-order valence-corrected chi connectivity index (χ2v) is 6.76. The van der Waals surface area contributed by atoms with E-state index in [9.17, 15) is 9.90 Å². The average Bonchev–Trinajstić information content (AvgIpc) is 3.14. The van der Waals surface area contributed by atoms with Crippen molar-refractivity contribution in [3.63, 3.8) is 0 Å². The summed E-state index contributed by atoms with van der Waals surface area (Å²) in [6.07, 6.45) is 6.77. The van der Waals surface area contributed by atoms with Crippen LogP contribution in [-0.4, -0.2) is 45.4 Å². The van der Waals surface area contributed by atoms with Crippen LogP contribution in [0.25, 0.3) is 0 Å². The van der Waals surface area contributed by atoms with Gasteiger partial charge in [-0.25, -0.2) is 0 Å². The summed E-state index contributed by atoms with van der Waals surface area (Å²) in [5.41, 5.74) is 0.999. The Balaban J connectivity index is 1.62. The third-order valence-corrected chi connectivity index (χ3v) is 4.89. The minimum Gasteiger partial charge on any atom is -0.396 e. The summed E-state index contributed by atoms with van der Waals surface area (Å²) in [7, 11) is 0. The molecule has 0 aliphatic carbocycles. The third kappa shape index (κ3) is 4.03. The number of carbonyl (C=O) groups is 1. The molecule has 1 saturated heterocycles. The zero-order valence-electron chi connectivity index (χ0n) is 14.0. The number of piperidine rings is 1. The average molecular weight is 327 g/mol. The van der Waals surface area contributed by atoms with Gasteiger partial charge >= 0.3 is 0 Å². The maximum absolute atomic E-state index is 12.6. The predicted octanol–water partition coefficient (Wildman–Crippen LogP) is 2.12. The van der Waals surface area contributed by atoms with E-state index in [-0.39, 0.29) is 17.9 Å². The highest BCUT2D eigenvalue weighted by Gasteiger charge is 2.36. The molecule has 1 N–H and O–H groups in total. The molecule has 0 saturated carbocycles. The van der Waals surface area contributed by atoms with Gasteiger partial charge in [0.1, 0.15) is 0 Å². The monoisotopic (exact) mass is 327 g/mol. The van der Waals surface area contributed by atoms with E-state index in [0.29, 0.717) is 19.5 Å². The fourth-order valence-electron chi connectivity index (χ4n) is 3.58. The molecule has 2 heterocycles. The topological polar surface area (TPSA) is 58.4 Å². The maximum Gasteiger partial charge on any atom is 0.224 e. The zero-order chi connectivity index (χ0) is 16.8. The van der Waals surface area contributed by atoms with E-state index >= 15 is 0 Å². The van der Waals surface area contributed by atoms with Gasteiger partial charge in [-0.15, -0.1) is 0 Å².